The summed E-state index contributed by atoms with van der Waals surface area (Å²) in [6.07, 6.45) is 4.01. The molecule has 2 aromatic heterocycles. The van der Waals surface area contributed by atoms with Gasteiger partial charge in [-0.1, -0.05) is 0 Å². The SMILES string of the molecule is Nc1ncnc2c1ncn2CCCN(CCO)CCO. The second kappa shape index (κ2) is 7.13. The lowest BCUT2D eigenvalue weighted by Gasteiger charge is -2.19. The normalized spacial score (nSPS) is 11.6. The average Bonchev–Trinajstić information content (AvgIpc) is 2.84. The fourth-order valence-corrected chi connectivity index (χ4v) is 2.15. The molecule has 8 nitrogen and oxygen atoms in total. The Kier molecular flexibility index (Phi) is 5.22. The van der Waals surface area contributed by atoms with Crippen molar-refractivity contribution in [3.8, 4) is 0 Å². The summed E-state index contributed by atoms with van der Waals surface area (Å²) in [5, 5.41) is 17.9. The monoisotopic (exact) mass is 280 g/mol. The first-order chi connectivity index (χ1) is 9.76. The molecule has 0 aliphatic rings. The number of nitrogens with zero attached hydrogens (tertiary/aromatic N) is 5. The van der Waals surface area contributed by atoms with Crippen molar-refractivity contribution >= 4 is 17.0 Å². The molecule has 8 heteroatoms. The molecule has 2 heterocycles. The van der Waals surface area contributed by atoms with E-state index in [0.717, 1.165) is 25.2 Å². The lowest BCUT2D eigenvalue weighted by atomic mass is 10.3. The van der Waals surface area contributed by atoms with Gasteiger partial charge in [-0.3, -0.25) is 4.90 Å². The van der Waals surface area contributed by atoms with Crippen LogP contribution in [0.15, 0.2) is 12.7 Å². The van der Waals surface area contributed by atoms with Crippen LogP contribution in [0.2, 0.25) is 0 Å². The summed E-state index contributed by atoms with van der Waals surface area (Å²) in [6, 6.07) is 0. The zero-order valence-electron chi connectivity index (χ0n) is 11.3. The molecule has 110 valence electrons. The number of aromatic nitrogens is 4. The largest absolute Gasteiger partial charge is 0.395 e. The highest BCUT2D eigenvalue weighted by molar-refractivity contribution is 5.80. The summed E-state index contributed by atoms with van der Waals surface area (Å²) in [4.78, 5) is 14.3. The van der Waals surface area contributed by atoms with Crippen LogP contribution in [0, 0.1) is 0 Å². The molecule has 0 aliphatic heterocycles. The molecule has 4 N–H and O–H groups in total. The van der Waals surface area contributed by atoms with Crippen LogP contribution in [-0.2, 0) is 6.54 Å². The van der Waals surface area contributed by atoms with Gasteiger partial charge in [0.2, 0.25) is 0 Å². The molecule has 0 fully saturated rings. The van der Waals surface area contributed by atoms with Crippen LogP contribution >= 0.6 is 0 Å². The predicted octanol–water partition coefficient (Wildman–Crippen LogP) is -0.915. The third-order valence-corrected chi connectivity index (χ3v) is 3.14. The Hall–Kier alpha value is -1.77. The van der Waals surface area contributed by atoms with Crippen molar-refractivity contribution in [3.63, 3.8) is 0 Å². The molecular weight excluding hydrogens is 260 g/mol. The second-order valence-electron chi connectivity index (χ2n) is 4.51. The summed E-state index contributed by atoms with van der Waals surface area (Å²) >= 11 is 0. The van der Waals surface area contributed by atoms with Crippen LogP contribution in [0.25, 0.3) is 11.2 Å². The number of hydrogen-bond donors (Lipinski definition) is 3. The van der Waals surface area contributed by atoms with E-state index in [-0.39, 0.29) is 13.2 Å². The first-order valence-corrected chi connectivity index (χ1v) is 6.61. The third kappa shape index (κ3) is 3.41. The average molecular weight is 280 g/mol. The standard InChI is InChI=1S/C12H20N6O2/c13-11-10-12(15-8-14-11)18(9-16-10)3-1-2-17(4-6-19)5-7-20/h8-9,19-20H,1-7H2,(H2,13,14,15). The lowest BCUT2D eigenvalue weighted by Crippen LogP contribution is -2.31. The quantitative estimate of drug-likeness (QED) is 0.573. The molecule has 0 unspecified atom stereocenters. The minimum Gasteiger partial charge on any atom is -0.395 e. The van der Waals surface area contributed by atoms with Crippen LogP contribution in [-0.4, -0.2) is 67.5 Å². The van der Waals surface area contributed by atoms with Crippen LogP contribution in [0.5, 0.6) is 0 Å². The van der Waals surface area contributed by atoms with Crippen molar-refractivity contribution in [1.82, 2.24) is 24.4 Å². The molecule has 0 bridgehead atoms. The number of nitrogen functional groups attached to an aromatic ring is 1. The first-order valence-electron chi connectivity index (χ1n) is 6.61. The molecule has 2 rings (SSSR count). The second-order valence-corrected chi connectivity index (χ2v) is 4.51. The molecule has 0 amide bonds. The number of aryl methyl sites for hydroxylation is 1. The maximum absolute atomic E-state index is 8.95. The van der Waals surface area contributed by atoms with Crippen molar-refractivity contribution in [2.45, 2.75) is 13.0 Å². The minimum absolute atomic E-state index is 0.0950. The zero-order chi connectivity index (χ0) is 14.4. The number of imidazole rings is 1. The van der Waals surface area contributed by atoms with E-state index in [1.807, 2.05) is 9.47 Å². The summed E-state index contributed by atoms with van der Waals surface area (Å²) in [7, 11) is 0. The van der Waals surface area contributed by atoms with Crippen LogP contribution < -0.4 is 5.73 Å². The minimum atomic E-state index is 0.0950. The number of fused-ring (bicyclic) bond motifs is 1. The number of anilines is 1. The Balaban J connectivity index is 1.94. The fraction of sp³-hybridized carbons (Fsp3) is 0.583. The van der Waals surface area contributed by atoms with Gasteiger partial charge < -0.3 is 20.5 Å². The zero-order valence-corrected chi connectivity index (χ0v) is 11.3. The molecule has 0 saturated carbocycles. The smallest absolute Gasteiger partial charge is 0.165 e. The number of hydrogen-bond acceptors (Lipinski definition) is 7. The topological polar surface area (TPSA) is 113 Å². The van der Waals surface area contributed by atoms with E-state index in [2.05, 4.69) is 15.0 Å². The van der Waals surface area contributed by atoms with E-state index >= 15 is 0 Å². The van der Waals surface area contributed by atoms with Crippen molar-refractivity contribution < 1.29 is 10.2 Å². The van der Waals surface area contributed by atoms with Gasteiger partial charge in [-0.05, 0) is 6.42 Å². The maximum atomic E-state index is 8.95. The Labute approximate surface area is 116 Å². The molecular formula is C12H20N6O2. The van der Waals surface area contributed by atoms with Crippen molar-refractivity contribution in [2.75, 3.05) is 38.6 Å². The van der Waals surface area contributed by atoms with Crippen molar-refractivity contribution in [1.29, 1.82) is 0 Å². The van der Waals surface area contributed by atoms with Crippen LogP contribution in [0.1, 0.15) is 6.42 Å². The number of aliphatic hydroxyl groups excluding tert-OH is 2. The number of rotatable bonds is 8. The van der Waals surface area contributed by atoms with Gasteiger partial charge in [-0.25, -0.2) is 15.0 Å². The molecule has 0 radical (unpaired) electrons. The Morgan fingerprint density at radius 2 is 1.85 bits per heavy atom. The van der Waals surface area contributed by atoms with Crippen molar-refractivity contribution in [3.05, 3.63) is 12.7 Å². The Morgan fingerprint density at radius 1 is 1.10 bits per heavy atom. The molecule has 0 aromatic carbocycles. The number of aliphatic hydroxyl groups is 2. The van der Waals surface area contributed by atoms with Gasteiger partial charge in [-0.2, -0.15) is 0 Å². The summed E-state index contributed by atoms with van der Waals surface area (Å²) in [5.74, 6) is 0.385. The molecule has 0 aliphatic carbocycles. The predicted molar refractivity (Wildman–Crippen MR) is 75.0 cm³/mol. The highest BCUT2D eigenvalue weighted by Gasteiger charge is 2.08. The molecule has 0 saturated heterocycles. The number of nitrogens with two attached hydrogens (primary N) is 1. The summed E-state index contributed by atoms with van der Waals surface area (Å²) < 4.78 is 1.93. The summed E-state index contributed by atoms with van der Waals surface area (Å²) in [5.41, 5.74) is 7.09. The van der Waals surface area contributed by atoms with Gasteiger partial charge in [0.15, 0.2) is 11.5 Å². The van der Waals surface area contributed by atoms with Crippen molar-refractivity contribution in [2.24, 2.45) is 0 Å². The highest BCUT2D eigenvalue weighted by Crippen LogP contribution is 2.14. The maximum Gasteiger partial charge on any atom is 0.165 e. The molecule has 0 spiro atoms. The third-order valence-electron chi connectivity index (χ3n) is 3.14. The van der Waals surface area contributed by atoms with Crippen LogP contribution in [0.3, 0.4) is 0 Å². The van der Waals surface area contributed by atoms with Gasteiger partial charge >= 0.3 is 0 Å². The first kappa shape index (κ1) is 14.6. The van der Waals surface area contributed by atoms with Gasteiger partial charge in [0.1, 0.15) is 11.8 Å². The van der Waals surface area contributed by atoms with Gasteiger partial charge in [0.05, 0.1) is 19.5 Å². The molecule has 20 heavy (non-hydrogen) atoms. The van der Waals surface area contributed by atoms with Crippen LogP contribution in [0.4, 0.5) is 5.82 Å². The van der Waals surface area contributed by atoms with Gasteiger partial charge in [0.25, 0.3) is 0 Å². The Morgan fingerprint density at radius 3 is 2.55 bits per heavy atom. The molecule has 0 atom stereocenters. The van der Waals surface area contributed by atoms with E-state index in [1.165, 1.54) is 6.33 Å². The van der Waals surface area contributed by atoms with E-state index in [0.29, 0.717) is 24.4 Å². The lowest BCUT2D eigenvalue weighted by molar-refractivity contribution is 0.158. The van der Waals surface area contributed by atoms with E-state index in [4.69, 9.17) is 15.9 Å². The highest BCUT2D eigenvalue weighted by atomic mass is 16.3. The van der Waals surface area contributed by atoms with E-state index in [1.54, 1.807) is 6.33 Å². The van der Waals surface area contributed by atoms with E-state index in [9.17, 15) is 0 Å². The van der Waals surface area contributed by atoms with Gasteiger partial charge in [0, 0.05) is 26.2 Å². The summed E-state index contributed by atoms with van der Waals surface area (Å²) in [6.45, 7) is 2.87. The Bertz CT molecular complexity index is 538. The van der Waals surface area contributed by atoms with Gasteiger partial charge in [-0.15, -0.1) is 0 Å². The molecule has 2 aromatic rings. The fourth-order valence-electron chi connectivity index (χ4n) is 2.15. The van der Waals surface area contributed by atoms with E-state index < -0.39 is 0 Å².